The van der Waals surface area contributed by atoms with Crippen LogP contribution in [0.3, 0.4) is 0 Å². The van der Waals surface area contributed by atoms with Crippen LogP contribution in [-0.2, 0) is 4.74 Å². The zero-order valence-electron chi connectivity index (χ0n) is 7.49. The van der Waals surface area contributed by atoms with Gasteiger partial charge in [0.15, 0.2) is 0 Å². The van der Waals surface area contributed by atoms with Gasteiger partial charge in [-0.3, -0.25) is 0 Å². The monoisotopic (exact) mass is 200 g/mol. The van der Waals surface area contributed by atoms with Gasteiger partial charge in [0.25, 0.3) is 0 Å². The van der Waals surface area contributed by atoms with E-state index in [2.05, 4.69) is 19.6 Å². The summed E-state index contributed by atoms with van der Waals surface area (Å²) in [6.07, 6.45) is 0. The first-order chi connectivity index (χ1) is 6.40. The number of morpholine rings is 1. The predicted octanol–water partition coefficient (Wildman–Crippen LogP) is 0.416. The summed E-state index contributed by atoms with van der Waals surface area (Å²) in [5.41, 5.74) is 0. The Morgan fingerprint density at radius 3 is 2.85 bits per heavy atom. The molecule has 2 heterocycles. The Bertz CT molecular complexity index is 271. The number of anilines is 2. The molecule has 0 amide bonds. The first kappa shape index (κ1) is 8.71. The first-order valence-electron chi connectivity index (χ1n) is 4.24. The van der Waals surface area contributed by atoms with E-state index in [9.17, 15) is 0 Å². The predicted molar refractivity (Wildman–Crippen MR) is 52.5 cm³/mol. The lowest BCUT2D eigenvalue weighted by molar-refractivity contribution is 0.122. The maximum absolute atomic E-state index is 5.24. The molecule has 72 valence electrons. The van der Waals surface area contributed by atoms with E-state index in [0.29, 0.717) is 0 Å². The summed E-state index contributed by atoms with van der Waals surface area (Å²) in [5, 5.41) is 3.84. The van der Waals surface area contributed by atoms with E-state index in [4.69, 9.17) is 4.74 Å². The molecule has 1 saturated heterocycles. The lowest BCUT2D eigenvalue weighted by Gasteiger charge is -2.25. The summed E-state index contributed by atoms with van der Waals surface area (Å²) in [4.78, 5) is 6.46. The molecule has 1 fully saturated rings. The van der Waals surface area contributed by atoms with Crippen LogP contribution < -0.4 is 10.2 Å². The van der Waals surface area contributed by atoms with Crippen LogP contribution in [0.4, 0.5) is 11.1 Å². The molecule has 0 radical (unpaired) electrons. The second-order valence-corrected chi connectivity index (χ2v) is 3.50. The summed E-state index contributed by atoms with van der Waals surface area (Å²) in [6, 6.07) is 0. The highest BCUT2D eigenvalue weighted by Gasteiger charge is 2.15. The Morgan fingerprint density at radius 2 is 2.23 bits per heavy atom. The van der Waals surface area contributed by atoms with Crippen molar-refractivity contribution in [2.24, 2.45) is 0 Å². The molecule has 0 aromatic carbocycles. The average molecular weight is 200 g/mol. The lowest BCUT2D eigenvalue weighted by Crippen LogP contribution is -2.36. The smallest absolute Gasteiger partial charge is 0.239 e. The second-order valence-electron chi connectivity index (χ2n) is 2.75. The fourth-order valence-corrected chi connectivity index (χ4v) is 1.75. The Morgan fingerprint density at radius 1 is 1.46 bits per heavy atom. The Kier molecular flexibility index (Phi) is 2.60. The third kappa shape index (κ3) is 1.89. The van der Waals surface area contributed by atoms with Gasteiger partial charge in [-0.15, -0.1) is 0 Å². The first-order valence-corrected chi connectivity index (χ1v) is 5.01. The van der Waals surface area contributed by atoms with Crippen LogP contribution >= 0.6 is 11.5 Å². The summed E-state index contributed by atoms with van der Waals surface area (Å²) >= 11 is 1.39. The zero-order chi connectivity index (χ0) is 9.10. The Labute approximate surface area is 80.9 Å². The number of nitrogens with one attached hydrogen (secondary N) is 1. The molecule has 0 bridgehead atoms. The van der Waals surface area contributed by atoms with Gasteiger partial charge >= 0.3 is 0 Å². The van der Waals surface area contributed by atoms with Gasteiger partial charge < -0.3 is 15.0 Å². The molecule has 0 unspecified atom stereocenters. The van der Waals surface area contributed by atoms with Crippen molar-refractivity contribution in [2.45, 2.75) is 0 Å². The summed E-state index contributed by atoms with van der Waals surface area (Å²) in [5.74, 6) is 0.817. The van der Waals surface area contributed by atoms with Crippen molar-refractivity contribution in [3.63, 3.8) is 0 Å². The largest absolute Gasteiger partial charge is 0.378 e. The zero-order valence-corrected chi connectivity index (χ0v) is 8.30. The molecule has 5 nitrogen and oxygen atoms in total. The Balaban J connectivity index is 2.05. The van der Waals surface area contributed by atoms with Crippen molar-refractivity contribution in [1.29, 1.82) is 0 Å². The molecular weight excluding hydrogens is 188 g/mol. The molecule has 6 heteroatoms. The highest BCUT2D eigenvalue weighted by Crippen LogP contribution is 2.17. The number of rotatable bonds is 2. The normalized spacial score (nSPS) is 17.5. The fraction of sp³-hybridized carbons (Fsp3) is 0.714. The van der Waals surface area contributed by atoms with E-state index in [0.717, 1.165) is 37.4 Å². The molecule has 0 aliphatic carbocycles. The summed E-state index contributed by atoms with van der Waals surface area (Å²) in [7, 11) is 1.85. The number of hydrogen-bond donors (Lipinski definition) is 1. The summed E-state index contributed by atoms with van der Waals surface area (Å²) < 4.78 is 9.49. The van der Waals surface area contributed by atoms with E-state index in [1.165, 1.54) is 11.5 Å². The van der Waals surface area contributed by atoms with Crippen molar-refractivity contribution < 1.29 is 4.74 Å². The molecule has 1 aromatic rings. The van der Waals surface area contributed by atoms with Gasteiger partial charge in [0.2, 0.25) is 11.1 Å². The molecule has 1 aliphatic rings. The quantitative estimate of drug-likeness (QED) is 0.749. The van der Waals surface area contributed by atoms with Crippen molar-refractivity contribution >= 4 is 22.6 Å². The molecule has 0 spiro atoms. The van der Waals surface area contributed by atoms with Gasteiger partial charge in [0.1, 0.15) is 0 Å². The number of aromatic nitrogens is 2. The minimum absolute atomic E-state index is 0.772. The molecule has 2 rings (SSSR count). The molecule has 1 aliphatic heterocycles. The van der Waals surface area contributed by atoms with Crippen LogP contribution in [0.2, 0.25) is 0 Å². The molecule has 13 heavy (non-hydrogen) atoms. The van der Waals surface area contributed by atoms with Crippen LogP contribution in [0, 0.1) is 0 Å². The van der Waals surface area contributed by atoms with E-state index in [-0.39, 0.29) is 0 Å². The third-order valence-corrected chi connectivity index (χ3v) is 2.65. The molecule has 0 atom stereocenters. The van der Waals surface area contributed by atoms with Crippen LogP contribution in [-0.4, -0.2) is 42.7 Å². The minimum atomic E-state index is 0.772. The number of ether oxygens (including phenoxy) is 1. The average Bonchev–Trinajstić information content (AvgIpc) is 2.67. The molecule has 1 N–H and O–H groups in total. The minimum Gasteiger partial charge on any atom is -0.378 e. The van der Waals surface area contributed by atoms with Crippen LogP contribution in [0.25, 0.3) is 0 Å². The van der Waals surface area contributed by atoms with E-state index in [1.807, 2.05) is 7.05 Å². The molecule has 1 aromatic heterocycles. The third-order valence-electron chi connectivity index (χ3n) is 1.92. The van der Waals surface area contributed by atoms with Gasteiger partial charge in [0.05, 0.1) is 13.2 Å². The Hall–Kier alpha value is -0.880. The number of nitrogens with zero attached hydrogens (tertiary/aromatic N) is 3. The topological polar surface area (TPSA) is 50.3 Å². The summed E-state index contributed by atoms with van der Waals surface area (Å²) in [6.45, 7) is 3.32. The molecular formula is C7H12N4OS. The SMILES string of the molecule is CNc1nc(N2CCOCC2)ns1. The van der Waals surface area contributed by atoms with Crippen molar-refractivity contribution in [3.8, 4) is 0 Å². The van der Waals surface area contributed by atoms with Gasteiger partial charge in [-0.2, -0.15) is 9.36 Å². The van der Waals surface area contributed by atoms with Gasteiger partial charge in [0, 0.05) is 31.7 Å². The van der Waals surface area contributed by atoms with Gasteiger partial charge in [-0.05, 0) is 0 Å². The van der Waals surface area contributed by atoms with Gasteiger partial charge in [-0.1, -0.05) is 0 Å². The van der Waals surface area contributed by atoms with E-state index < -0.39 is 0 Å². The lowest BCUT2D eigenvalue weighted by atomic mass is 10.4. The van der Waals surface area contributed by atoms with Crippen LogP contribution in [0.1, 0.15) is 0 Å². The van der Waals surface area contributed by atoms with Crippen LogP contribution in [0.15, 0.2) is 0 Å². The standard InChI is InChI=1S/C7H12N4OS/c1-8-7-9-6(10-13-7)11-2-4-12-5-3-11/h2-5H2,1H3,(H,8,9,10). The maximum Gasteiger partial charge on any atom is 0.239 e. The second kappa shape index (κ2) is 3.89. The van der Waals surface area contributed by atoms with Crippen LogP contribution in [0.5, 0.6) is 0 Å². The fourth-order valence-electron chi connectivity index (χ4n) is 1.21. The highest BCUT2D eigenvalue weighted by molar-refractivity contribution is 7.09. The van der Waals surface area contributed by atoms with Crippen molar-refractivity contribution in [2.75, 3.05) is 43.6 Å². The maximum atomic E-state index is 5.24. The van der Waals surface area contributed by atoms with Crippen molar-refractivity contribution in [1.82, 2.24) is 9.36 Å². The highest BCUT2D eigenvalue weighted by atomic mass is 32.1. The van der Waals surface area contributed by atoms with E-state index >= 15 is 0 Å². The molecule has 0 saturated carbocycles. The van der Waals surface area contributed by atoms with Gasteiger partial charge in [-0.25, -0.2) is 0 Å². The van der Waals surface area contributed by atoms with Crippen molar-refractivity contribution in [3.05, 3.63) is 0 Å². The van der Waals surface area contributed by atoms with E-state index in [1.54, 1.807) is 0 Å². The number of hydrogen-bond acceptors (Lipinski definition) is 6.